The van der Waals surface area contributed by atoms with Crippen molar-refractivity contribution in [3.63, 3.8) is 0 Å². The van der Waals surface area contributed by atoms with Gasteiger partial charge in [-0.3, -0.25) is 15.6 Å². The van der Waals surface area contributed by atoms with Gasteiger partial charge in [-0.2, -0.15) is 0 Å². The Bertz CT molecular complexity index is 566. The Balaban J connectivity index is 1.32. The molecular weight excluding hydrogens is 302 g/mol. The first-order valence-corrected chi connectivity index (χ1v) is 9.24. The van der Waals surface area contributed by atoms with Crippen LogP contribution in [0.25, 0.3) is 0 Å². The third-order valence-corrected chi connectivity index (χ3v) is 5.75. The van der Waals surface area contributed by atoms with E-state index in [0.29, 0.717) is 18.0 Å². The van der Waals surface area contributed by atoms with Crippen LogP contribution in [0.3, 0.4) is 0 Å². The Labute approximate surface area is 143 Å². The third-order valence-electron chi connectivity index (χ3n) is 5.75. The number of nitrogens with one attached hydrogen (secondary N) is 3. The van der Waals surface area contributed by atoms with Crippen LogP contribution < -0.4 is 21.1 Å². The van der Waals surface area contributed by atoms with Crippen LogP contribution in [0.4, 0.5) is 5.82 Å². The standard InChI is InChI=1S/C18H27N5O/c24-18(21-15-6-7-16-14(10-15)11-20-22-16)13-4-3-9-23(12-13)17-5-1-2-8-19-17/h1-2,5,8,13-16,20,22H,3-4,6-7,9-12H2,(H,21,24). The van der Waals surface area contributed by atoms with Gasteiger partial charge >= 0.3 is 0 Å². The number of pyridine rings is 1. The van der Waals surface area contributed by atoms with Gasteiger partial charge in [-0.1, -0.05) is 6.07 Å². The Hall–Kier alpha value is -1.66. The van der Waals surface area contributed by atoms with Gasteiger partial charge in [0.25, 0.3) is 0 Å². The van der Waals surface area contributed by atoms with Crippen LogP contribution in [0.1, 0.15) is 32.1 Å². The van der Waals surface area contributed by atoms with E-state index in [-0.39, 0.29) is 11.8 Å². The van der Waals surface area contributed by atoms with Crippen LogP contribution >= 0.6 is 0 Å². The van der Waals surface area contributed by atoms with E-state index in [1.54, 1.807) is 0 Å². The summed E-state index contributed by atoms with van der Waals surface area (Å²) in [4.78, 5) is 19.4. The van der Waals surface area contributed by atoms with Crippen LogP contribution in [-0.4, -0.2) is 42.6 Å². The van der Waals surface area contributed by atoms with E-state index in [9.17, 15) is 4.79 Å². The molecule has 1 aliphatic carbocycles. The molecule has 4 atom stereocenters. The number of nitrogens with zero attached hydrogens (tertiary/aromatic N) is 2. The lowest BCUT2D eigenvalue weighted by molar-refractivity contribution is -0.126. The molecule has 4 unspecified atom stereocenters. The lowest BCUT2D eigenvalue weighted by atomic mass is 9.82. The number of piperidine rings is 1. The minimum atomic E-state index is 0.0818. The van der Waals surface area contributed by atoms with Crippen LogP contribution in [0.2, 0.25) is 0 Å². The maximum absolute atomic E-state index is 12.7. The van der Waals surface area contributed by atoms with Crippen molar-refractivity contribution in [1.29, 1.82) is 0 Å². The first kappa shape index (κ1) is 15.8. The monoisotopic (exact) mass is 329 g/mol. The number of carbonyl (C=O) groups is 1. The summed E-state index contributed by atoms with van der Waals surface area (Å²) in [6.07, 6.45) is 7.18. The molecule has 1 saturated carbocycles. The average molecular weight is 329 g/mol. The maximum Gasteiger partial charge on any atom is 0.225 e. The molecule has 4 rings (SSSR count). The molecule has 0 radical (unpaired) electrons. The molecule has 0 spiro atoms. The summed E-state index contributed by atoms with van der Waals surface area (Å²) in [5.41, 5.74) is 6.59. The van der Waals surface area contributed by atoms with Crippen molar-refractivity contribution in [3.8, 4) is 0 Å². The Morgan fingerprint density at radius 1 is 1.29 bits per heavy atom. The van der Waals surface area contributed by atoms with Crippen molar-refractivity contribution >= 4 is 11.7 Å². The molecule has 3 N–H and O–H groups in total. The average Bonchev–Trinajstić information content (AvgIpc) is 3.10. The second-order valence-electron chi connectivity index (χ2n) is 7.38. The Kier molecular flexibility index (Phi) is 4.67. The molecule has 6 heteroatoms. The predicted molar refractivity (Wildman–Crippen MR) is 93.4 cm³/mol. The van der Waals surface area contributed by atoms with Crippen molar-refractivity contribution in [1.82, 2.24) is 21.2 Å². The van der Waals surface area contributed by atoms with Crippen LogP contribution in [0, 0.1) is 11.8 Å². The van der Waals surface area contributed by atoms with E-state index in [0.717, 1.165) is 57.6 Å². The fourth-order valence-electron chi connectivity index (χ4n) is 4.39. The molecule has 3 heterocycles. The third kappa shape index (κ3) is 3.39. The van der Waals surface area contributed by atoms with Crippen LogP contribution in [-0.2, 0) is 4.79 Å². The van der Waals surface area contributed by atoms with Gasteiger partial charge in [0.1, 0.15) is 5.82 Å². The smallest absolute Gasteiger partial charge is 0.225 e. The fraction of sp³-hybridized carbons (Fsp3) is 0.667. The van der Waals surface area contributed by atoms with Gasteiger partial charge in [0.05, 0.1) is 5.92 Å². The number of hydrogen-bond acceptors (Lipinski definition) is 5. The summed E-state index contributed by atoms with van der Waals surface area (Å²) in [7, 11) is 0. The Morgan fingerprint density at radius 2 is 2.25 bits per heavy atom. The number of anilines is 1. The van der Waals surface area contributed by atoms with E-state index in [1.807, 2.05) is 24.4 Å². The van der Waals surface area contributed by atoms with E-state index >= 15 is 0 Å². The number of fused-ring (bicyclic) bond motifs is 1. The van der Waals surface area contributed by atoms with Crippen molar-refractivity contribution in [2.45, 2.75) is 44.2 Å². The molecule has 6 nitrogen and oxygen atoms in total. The summed E-state index contributed by atoms with van der Waals surface area (Å²) in [5.74, 6) is 1.95. The molecule has 24 heavy (non-hydrogen) atoms. The molecular formula is C18H27N5O. The van der Waals surface area contributed by atoms with Crippen molar-refractivity contribution in [3.05, 3.63) is 24.4 Å². The van der Waals surface area contributed by atoms with Crippen LogP contribution in [0.5, 0.6) is 0 Å². The largest absolute Gasteiger partial charge is 0.356 e. The van der Waals surface area contributed by atoms with Gasteiger partial charge in [0, 0.05) is 37.9 Å². The molecule has 1 aromatic rings. The topological polar surface area (TPSA) is 69.3 Å². The maximum atomic E-state index is 12.7. The number of hydrazine groups is 1. The zero-order chi connectivity index (χ0) is 16.4. The molecule has 2 saturated heterocycles. The van der Waals surface area contributed by atoms with Gasteiger partial charge in [-0.05, 0) is 50.2 Å². The highest BCUT2D eigenvalue weighted by atomic mass is 16.2. The zero-order valence-corrected chi connectivity index (χ0v) is 14.1. The quantitative estimate of drug-likeness (QED) is 0.774. The molecule has 130 valence electrons. The van der Waals surface area contributed by atoms with E-state index in [2.05, 4.69) is 26.1 Å². The van der Waals surface area contributed by atoms with Crippen LogP contribution in [0.15, 0.2) is 24.4 Å². The SMILES string of the molecule is O=C(NC1CCC2NNCC2C1)C1CCCN(c2ccccn2)C1. The van der Waals surface area contributed by atoms with Gasteiger partial charge in [-0.15, -0.1) is 0 Å². The summed E-state index contributed by atoms with van der Waals surface area (Å²) in [6, 6.07) is 6.90. The number of aromatic nitrogens is 1. The lowest BCUT2D eigenvalue weighted by Gasteiger charge is -2.35. The van der Waals surface area contributed by atoms with Gasteiger partial charge in [0.15, 0.2) is 0 Å². The normalized spacial score (nSPS) is 33.1. The highest BCUT2D eigenvalue weighted by Gasteiger charge is 2.35. The second-order valence-corrected chi connectivity index (χ2v) is 7.38. The summed E-state index contributed by atoms with van der Waals surface area (Å²) in [6.45, 7) is 2.80. The second kappa shape index (κ2) is 7.07. The summed E-state index contributed by atoms with van der Waals surface area (Å²) >= 11 is 0. The number of hydrogen-bond donors (Lipinski definition) is 3. The van der Waals surface area contributed by atoms with Gasteiger partial charge in [0.2, 0.25) is 5.91 Å². The van der Waals surface area contributed by atoms with Gasteiger partial charge < -0.3 is 10.2 Å². The summed E-state index contributed by atoms with van der Waals surface area (Å²) < 4.78 is 0. The van der Waals surface area contributed by atoms with E-state index in [1.165, 1.54) is 0 Å². The first-order chi connectivity index (χ1) is 11.8. The Morgan fingerprint density at radius 3 is 3.12 bits per heavy atom. The number of carbonyl (C=O) groups excluding carboxylic acids is 1. The predicted octanol–water partition coefficient (Wildman–Crippen LogP) is 1.06. The first-order valence-electron chi connectivity index (χ1n) is 9.24. The van der Waals surface area contributed by atoms with Crippen molar-refractivity contribution in [2.75, 3.05) is 24.5 Å². The summed E-state index contributed by atoms with van der Waals surface area (Å²) in [5, 5.41) is 3.33. The van der Waals surface area contributed by atoms with E-state index < -0.39 is 0 Å². The van der Waals surface area contributed by atoms with Crippen molar-refractivity contribution in [2.24, 2.45) is 11.8 Å². The van der Waals surface area contributed by atoms with E-state index in [4.69, 9.17) is 0 Å². The number of rotatable bonds is 3. The highest BCUT2D eigenvalue weighted by Crippen LogP contribution is 2.27. The molecule has 0 bridgehead atoms. The number of amides is 1. The molecule has 2 aliphatic heterocycles. The zero-order valence-electron chi connectivity index (χ0n) is 14.1. The molecule has 3 aliphatic rings. The minimum Gasteiger partial charge on any atom is -0.356 e. The van der Waals surface area contributed by atoms with Crippen molar-refractivity contribution < 1.29 is 4.79 Å². The fourth-order valence-corrected chi connectivity index (χ4v) is 4.39. The lowest BCUT2D eigenvalue weighted by Crippen LogP contribution is -2.49. The highest BCUT2D eigenvalue weighted by molar-refractivity contribution is 5.79. The molecule has 1 amide bonds. The minimum absolute atomic E-state index is 0.0818. The van der Waals surface area contributed by atoms with Gasteiger partial charge in [-0.25, -0.2) is 4.98 Å². The molecule has 1 aromatic heterocycles. The molecule has 0 aromatic carbocycles. The molecule has 3 fully saturated rings.